The van der Waals surface area contributed by atoms with Gasteiger partial charge in [-0.25, -0.2) is 0 Å². The van der Waals surface area contributed by atoms with Crippen LogP contribution >= 0.6 is 11.3 Å². The molecule has 5 heteroatoms. The largest absolute Gasteiger partial charge is 0.497 e. The molecule has 0 unspecified atom stereocenters. The van der Waals surface area contributed by atoms with Crippen molar-refractivity contribution in [1.82, 2.24) is 0 Å². The average molecular weight is 353 g/mol. The number of amides is 1. The molecule has 3 rings (SSSR count). The van der Waals surface area contributed by atoms with Gasteiger partial charge in [0, 0.05) is 11.3 Å². The number of carbonyl (C=O) groups excluding carboxylic acids is 1. The van der Waals surface area contributed by atoms with Crippen LogP contribution in [0, 0.1) is 6.92 Å². The summed E-state index contributed by atoms with van der Waals surface area (Å²) in [4.78, 5) is 13.0. The number of benzene rings is 2. The van der Waals surface area contributed by atoms with Crippen LogP contribution < -0.4 is 14.8 Å². The van der Waals surface area contributed by atoms with E-state index in [0.29, 0.717) is 11.5 Å². The summed E-state index contributed by atoms with van der Waals surface area (Å²) in [5.41, 5.74) is 2.88. The fourth-order valence-corrected chi connectivity index (χ4v) is 3.12. The normalized spacial score (nSPS) is 10.3. The number of thiophene rings is 1. The molecular weight excluding hydrogens is 334 g/mol. The fourth-order valence-electron chi connectivity index (χ4n) is 2.32. The van der Waals surface area contributed by atoms with Crippen LogP contribution in [0.4, 0.5) is 5.69 Å². The van der Waals surface area contributed by atoms with Crippen LogP contribution in [0.5, 0.6) is 11.5 Å². The van der Waals surface area contributed by atoms with Gasteiger partial charge in [0.2, 0.25) is 0 Å². The lowest BCUT2D eigenvalue weighted by Gasteiger charge is -2.06. The summed E-state index contributed by atoms with van der Waals surface area (Å²) in [5.74, 6) is 1.45. The van der Waals surface area contributed by atoms with Crippen molar-refractivity contribution in [2.24, 2.45) is 0 Å². The van der Waals surface area contributed by atoms with Gasteiger partial charge in [-0.05, 0) is 60.3 Å². The molecule has 1 amide bonds. The molecule has 0 atom stereocenters. The molecule has 0 aliphatic rings. The number of anilines is 1. The quantitative estimate of drug-likeness (QED) is 0.686. The van der Waals surface area contributed by atoms with Crippen molar-refractivity contribution < 1.29 is 14.3 Å². The Morgan fingerprint density at radius 3 is 2.56 bits per heavy atom. The summed E-state index contributed by atoms with van der Waals surface area (Å²) < 4.78 is 10.9. The number of ether oxygens (including phenoxy) is 2. The summed E-state index contributed by atoms with van der Waals surface area (Å²) in [5, 5.41) is 4.85. The van der Waals surface area contributed by atoms with Crippen molar-refractivity contribution in [1.29, 1.82) is 0 Å². The molecule has 0 aliphatic carbocycles. The van der Waals surface area contributed by atoms with Gasteiger partial charge in [-0.1, -0.05) is 12.1 Å². The molecule has 25 heavy (non-hydrogen) atoms. The standard InChI is InChI=1S/C20H19NO3S/c1-14-4-3-5-16(10-14)21-20(22)19-11-15(13-25-19)12-24-18-8-6-17(23-2)7-9-18/h3-11,13H,12H2,1-2H3,(H,21,22). The lowest BCUT2D eigenvalue weighted by molar-refractivity contribution is 0.103. The minimum atomic E-state index is -0.105. The van der Waals surface area contributed by atoms with Crippen LogP contribution in [0.1, 0.15) is 20.8 Å². The van der Waals surface area contributed by atoms with E-state index in [9.17, 15) is 4.79 Å². The van der Waals surface area contributed by atoms with E-state index in [4.69, 9.17) is 9.47 Å². The van der Waals surface area contributed by atoms with Gasteiger partial charge in [0.1, 0.15) is 18.1 Å². The van der Waals surface area contributed by atoms with Crippen LogP contribution in [0.2, 0.25) is 0 Å². The highest BCUT2D eigenvalue weighted by atomic mass is 32.1. The zero-order chi connectivity index (χ0) is 17.6. The molecule has 1 heterocycles. The monoisotopic (exact) mass is 353 g/mol. The Bertz CT molecular complexity index is 855. The van der Waals surface area contributed by atoms with Crippen molar-refractivity contribution in [3.05, 3.63) is 76.0 Å². The highest BCUT2D eigenvalue weighted by Gasteiger charge is 2.10. The van der Waals surface area contributed by atoms with E-state index >= 15 is 0 Å². The van der Waals surface area contributed by atoms with Crippen molar-refractivity contribution in [3.63, 3.8) is 0 Å². The Morgan fingerprint density at radius 1 is 1.08 bits per heavy atom. The zero-order valence-electron chi connectivity index (χ0n) is 14.1. The molecule has 1 N–H and O–H groups in total. The van der Waals surface area contributed by atoms with E-state index in [2.05, 4.69) is 5.32 Å². The van der Waals surface area contributed by atoms with Gasteiger partial charge >= 0.3 is 0 Å². The predicted molar refractivity (Wildman–Crippen MR) is 101 cm³/mol. The van der Waals surface area contributed by atoms with Crippen LogP contribution in [-0.4, -0.2) is 13.0 Å². The number of hydrogen-bond acceptors (Lipinski definition) is 4. The molecule has 3 aromatic rings. The van der Waals surface area contributed by atoms with Crippen molar-refractivity contribution in [2.45, 2.75) is 13.5 Å². The third-order valence-electron chi connectivity index (χ3n) is 3.62. The van der Waals surface area contributed by atoms with Crippen LogP contribution in [0.3, 0.4) is 0 Å². The first-order valence-electron chi connectivity index (χ1n) is 7.86. The minimum absolute atomic E-state index is 0.105. The molecule has 2 aromatic carbocycles. The lowest BCUT2D eigenvalue weighted by Crippen LogP contribution is -2.10. The minimum Gasteiger partial charge on any atom is -0.497 e. The van der Waals surface area contributed by atoms with Gasteiger partial charge in [-0.2, -0.15) is 0 Å². The lowest BCUT2D eigenvalue weighted by atomic mass is 10.2. The first-order chi connectivity index (χ1) is 12.1. The molecule has 0 bridgehead atoms. The SMILES string of the molecule is COc1ccc(OCc2csc(C(=O)Nc3cccc(C)c3)c2)cc1. The summed E-state index contributed by atoms with van der Waals surface area (Å²) in [6.45, 7) is 2.41. The van der Waals surface area contributed by atoms with Crippen LogP contribution in [0.15, 0.2) is 60.0 Å². The second kappa shape index (κ2) is 7.85. The second-order valence-corrected chi connectivity index (χ2v) is 6.52. The first-order valence-corrected chi connectivity index (χ1v) is 8.74. The van der Waals surface area contributed by atoms with Gasteiger partial charge in [0.25, 0.3) is 5.91 Å². The van der Waals surface area contributed by atoms with Gasteiger partial charge in [0.05, 0.1) is 12.0 Å². The Kier molecular flexibility index (Phi) is 5.36. The molecule has 128 valence electrons. The van der Waals surface area contributed by atoms with E-state index in [1.807, 2.05) is 66.9 Å². The molecule has 1 aromatic heterocycles. The fraction of sp³-hybridized carbons (Fsp3) is 0.150. The number of rotatable bonds is 6. The molecular formula is C20H19NO3S. The number of nitrogens with one attached hydrogen (secondary N) is 1. The third-order valence-corrected chi connectivity index (χ3v) is 4.60. The van der Waals surface area contributed by atoms with Gasteiger partial charge < -0.3 is 14.8 Å². The highest BCUT2D eigenvalue weighted by Crippen LogP contribution is 2.21. The van der Waals surface area contributed by atoms with Crippen molar-refractivity contribution in [3.8, 4) is 11.5 Å². The number of methoxy groups -OCH3 is 1. The summed E-state index contributed by atoms with van der Waals surface area (Å²) in [6, 6.07) is 17.0. The zero-order valence-corrected chi connectivity index (χ0v) is 14.9. The topological polar surface area (TPSA) is 47.6 Å². The molecule has 0 radical (unpaired) electrons. The average Bonchev–Trinajstić information content (AvgIpc) is 3.09. The Morgan fingerprint density at radius 2 is 1.84 bits per heavy atom. The van der Waals surface area contributed by atoms with Gasteiger partial charge in [-0.15, -0.1) is 11.3 Å². The number of aryl methyl sites for hydroxylation is 1. The molecule has 4 nitrogen and oxygen atoms in total. The van der Waals surface area contributed by atoms with Gasteiger partial charge in [-0.3, -0.25) is 4.79 Å². The molecule has 0 aliphatic heterocycles. The van der Waals surface area contributed by atoms with E-state index in [1.165, 1.54) is 11.3 Å². The Balaban J connectivity index is 1.58. The predicted octanol–water partition coefficient (Wildman–Crippen LogP) is 4.90. The number of hydrogen-bond donors (Lipinski definition) is 1. The Labute approximate surface area is 151 Å². The van der Waals surface area contributed by atoms with Crippen molar-refractivity contribution >= 4 is 22.9 Å². The maximum Gasteiger partial charge on any atom is 0.265 e. The van der Waals surface area contributed by atoms with Crippen molar-refractivity contribution in [2.75, 3.05) is 12.4 Å². The third kappa shape index (κ3) is 4.61. The maximum absolute atomic E-state index is 12.3. The summed E-state index contributed by atoms with van der Waals surface area (Å²) >= 11 is 1.41. The smallest absolute Gasteiger partial charge is 0.265 e. The first kappa shape index (κ1) is 17.0. The van der Waals surface area contributed by atoms with E-state index in [0.717, 1.165) is 28.3 Å². The second-order valence-electron chi connectivity index (χ2n) is 5.61. The van der Waals surface area contributed by atoms with E-state index in [1.54, 1.807) is 7.11 Å². The maximum atomic E-state index is 12.3. The summed E-state index contributed by atoms with van der Waals surface area (Å²) in [7, 11) is 1.63. The Hall–Kier alpha value is -2.79. The van der Waals surface area contributed by atoms with Crippen LogP contribution in [-0.2, 0) is 6.61 Å². The molecule has 0 spiro atoms. The molecule has 0 saturated heterocycles. The van der Waals surface area contributed by atoms with E-state index < -0.39 is 0 Å². The highest BCUT2D eigenvalue weighted by molar-refractivity contribution is 7.12. The molecule has 0 saturated carbocycles. The van der Waals surface area contributed by atoms with Crippen LogP contribution in [0.25, 0.3) is 0 Å². The molecule has 0 fully saturated rings. The van der Waals surface area contributed by atoms with Gasteiger partial charge in [0.15, 0.2) is 0 Å². The number of carbonyl (C=O) groups is 1. The summed E-state index contributed by atoms with van der Waals surface area (Å²) in [6.07, 6.45) is 0. The van der Waals surface area contributed by atoms with E-state index in [-0.39, 0.29) is 5.91 Å².